The summed E-state index contributed by atoms with van der Waals surface area (Å²) in [6.45, 7) is 2.34. The fourth-order valence-corrected chi connectivity index (χ4v) is 3.03. The number of carbonyl (C=O) groups excluding carboxylic acids is 2. The van der Waals surface area contributed by atoms with Gasteiger partial charge in [-0.15, -0.1) is 0 Å². The fourth-order valence-electron chi connectivity index (χ4n) is 3.03. The summed E-state index contributed by atoms with van der Waals surface area (Å²) >= 11 is 0. The number of hydrogen-bond donors (Lipinski definition) is 3. The lowest BCUT2D eigenvalue weighted by molar-refractivity contribution is -0.384. The van der Waals surface area contributed by atoms with Gasteiger partial charge in [0.2, 0.25) is 5.91 Å². The number of non-ortho nitro benzene ring substituents is 1. The van der Waals surface area contributed by atoms with Gasteiger partial charge in [0.05, 0.1) is 17.6 Å². The zero-order chi connectivity index (χ0) is 23.3. The number of nitrogens with one attached hydrogen (secondary N) is 2. The van der Waals surface area contributed by atoms with E-state index in [1.807, 2.05) is 6.92 Å². The predicted molar refractivity (Wildman–Crippen MR) is 113 cm³/mol. The van der Waals surface area contributed by atoms with Gasteiger partial charge in [0.25, 0.3) is 11.6 Å². The Labute approximate surface area is 184 Å². The summed E-state index contributed by atoms with van der Waals surface area (Å²) in [5, 5.41) is 22.8. The number of carbonyl (C=O) groups is 2. The van der Waals surface area contributed by atoms with E-state index in [0.717, 1.165) is 5.56 Å². The van der Waals surface area contributed by atoms with E-state index >= 15 is 0 Å². The molecule has 0 bridgehead atoms. The van der Waals surface area contributed by atoms with Crippen LogP contribution in [0.3, 0.4) is 0 Å². The first-order valence-corrected chi connectivity index (χ1v) is 9.98. The number of hydrogen-bond acceptors (Lipinski definition) is 8. The van der Waals surface area contributed by atoms with Gasteiger partial charge in [0.15, 0.2) is 0 Å². The highest BCUT2D eigenvalue weighted by Crippen LogP contribution is 2.16. The molecule has 2 amide bonds. The van der Waals surface area contributed by atoms with Gasteiger partial charge in [0.1, 0.15) is 6.79 Å². The first kappa shape index (κ1) is 24.9. The van der Waals surface area contributed by atoms with E-state index in [0.29, 0.717) is 6.61 Å². The maximum Gasteiger partial charge on any atom is 0.269 e. The molecule has 0 spiro atoms. The molecule has 2 rings (SSSR count). The van der Waals surface area contributed by atoms with E-state index in [1.54, 1.807) is 30.0 Å². The number of amides is 2. The molecule has 32 heavy (non-hydrogen) atoms. The molecule has 0 radical (unpaired) electrons. The minimum Gasteiger partial charge on any atom is -0.356 e. The summed E-state index contributed by atoms with van der Waals surface area (Å²) in [5.41, 5.74) is 2.55. The Morgan fingerprint density at radius 2 is 1.97 bits per heavy atom. The number of hydroxylamine groups is 1. The highest BCUT2D eigenvalue weighted by atomic mass is 16.7. The predicted octanol–water partition coefficient (Wildman–Crippen LogP) is 1.85. The Bertz CT molecular complexity index is 877. The molecule has 11 nitrogen and oxygen atoms in total. The van der Waals surface area contributed by atoms with Crippen LogP contribution in [-0.2, 0) is 20.7 Å². The molecule has 172 valence electrons. The average Bonchev–Trinajstić information content (AvgIpc) is 2.81. The first-order chi connectivity index (χ1) is 15.4. The van der Waals surface area contributed by atoms with Crippen molar-refractivity contribution in [1.29, 1.82) is 0 Å². The number of ether oxygens (including phenoxy) is 2. The molecule has 2 atom stereocenters. The summed E-state index contributed by atoms with van der Waals surface area (Å²) in [6, 6.07) is 8.11. The topological polar surface area (TPSA) is 153 Å². The number of nitro groups is 1. The van der Waals surface area contributed by atoms with Crippen molar-refractivity contribution in [2.24, 2.45) is 5.92 Å². The monoisotopic (exact) mass is 446 g/mol. The first-order valence-electron chi connectivity index (χ1n) is 9.98. The van der Waals surface area contributed by atoms with Crippen molar-refractivity contribution in [2.45, 2.75) is 25.8 Å². The lowest BCUT2D eigenvalue weighted by Crippen LogP contribution is -2.42. The molecule has 0 aliphatic carbocycles. The molecule has 1 aromatic carbocycles. The Morgan fingerprint density at radius 3 is 2.56 bits per heavy atom. The average molecular weight is 446 g/mol. The quantitative estimate of drug-likeness (QED) is 0.139. The van der Waals surface area contributed by atoms with Gasteiger partial charge in [-0.3, -0.25) is 29.9 Å². The van der Waals surface area contributed by atoms with Crippen molar-refractivity contribution in [3.05, 3.63) is 70.0 Å². The van der Waals surface area contributed by atoms with Gasteiger partial charge < -0.3 is 14.8 Å². The third-order valence-corrected chi connectivity index (χ3v) is 4.62. The van der Waals surface area contributed by atoms with Crippen LogP contribution < -0.4 is 10.8 Å². The third-order valence-electron chi connectivity index (χ3n) is 4.62. The van der Waals surface area contributed by atoms with Crippen molar-refractivity contribution in [3.63, 3.8) is 0 Å². The Balaban J connectivity index is 2.12. The van der Waals surface area contributed by atoms with E-state index in [9.17, 15) is 19.7 Å². The zero-order valence-electron chi connectivity index (χ0n) is 17.6. The fraction of sp³-hybridized carbons (Fsp3) is 0.381. The Morgan fingerprint density at radius 1 is 1.22 bits per heavy atom. The number of aromatic nitrogens is 1. The maximum absolute atomic E-state index is 12.7. The lowest BCUT2D eigenvalue weighted by atomic mass is 9.92. The van der Waals surface area contributed by atoms with Crippen molar-refractivity contribution < 1.29 is 29.2 Å². The van der Waals surface area contributed by atoms with Crippen LogP contribution in [0, 0.1) is 16.0 Å². The SMILES string of the molecule is CCOCOC[C@H](C[C@H](Cc1cccnc1)C(=O)NO)NC(=O)c1ccc([N+](=O)[O-])cc1. The second-order valence-electron chi connectivity index (χ2n) is 6.93. The van der Waals surface area contributed by atoms with Crippen LogP contribution in [0.15, 0.2) is 48.8 Å². The van der Waals surface area contributed by atoms with Crippen molar-refractivity contribution in [1.82, 2.24) is 15.8 Å². The number of nitrogens with zero attached hydrogens (tertiary/aromatic N) is 2. The second-order valence-corrected chi connectivity index (χ2v) is 6.93. The van der Waals surface area contributed by atoms with Crippen LogP contribution >= 0.6 is 0 Å². The number of nitro benzene ring substituents is 1. The molecule has 0 unspecified atom stereocenters. The molecule has 0 aliphatic rings. The minimum atomic E-state index is -0.679. The molecule has 0 aliphatic heterocycles. The minimum absolute atomic E-state index is 0.0138. The molecule has 11 heteroatoms. The van der Waals surface area contributed by atoms with E-state index in [1.165, 1.54) is 24.3 Å². The van der Waals surface area contributed by atoms with Gasteiger partial charge in [-0.25, -0.2) is 5.48 Å². The van der Waals surface area contributed by atoms with Crippen LogP contribution in [-0.4, -0.2) is 53.0 Å². The Hall–Kier alpha value is -3.41. The van der Waals surface area contributed by atoms with Gasteiger partial charge >= 0.3 is 0 Å². The molecule has 1 heterocycles. The lowest BCUT2D eigenvalue weighted by Gasteiger charge is -2.23. The standard InChI is InChI=1S/C21H26N4O7/c1-2-31-14-32-13-18(23-20(26)16-5-7-19(8-6-16)25(29)30)11-17(21(27)24-28)10-15-4-3-9-22-12-15/h3-9,12,17-18,28H,2,10-11,13-14H2,1H3,(H,23,26)(H,24,27)/t17-,18-/m0/s1. The highest BCUT2D eigenvalue weighted by Gasteiger charge is 2.25. The van der Waals surface area contributed by atoms with Crippen molar-refractivity contribution in [2.75, 3.05) is 20.0 Å². The molecule has 2 aromatic rings. The molecular formula is C21H26N4O7. The van der Waals surface area contributed by atoms with Crippen LogP contribution in [0.2, 0.25) is 0 Å². The molecule has 0 saturated heterocycles. The van der Waals surface area contributed by atoms with Gasteiger partial charge in [-0.05, 0) is 43.5 Å². The van der Waals surface area contributed by atoms with E-state index in [4.69, 9.17) is 14.7 Å². The normalized spacial score (nSPS) is 12.6. The van der Waals surface area contributed by atoms with Crippen LogP contribution in [0.4, 0.5) is 5.69 Å². The molecular weight excluding hydrogens is 420 g/mol. The zero-order valence-corrected chi connectivity index (χ0v) is 17.6. The van der Waals surface area contributed by atoms with Crippen LogP contribution in [0.5, 0.6) is 0 Å². The van der Waals surface area contributed by atoms with E-state index in [2.05, 4.69) is 10.3 Å². The van der Waals surface area contributed by atoms with E-state index in [-0.39, 0.29) is 37.5 Å². The number of rotatable bonds is 13. The summed E-state index contributed by atoms with van der Waals surface area (Å²) in [7, 11) is 0. The molecule has 3 N–H and O–H groups in total. The van der Waals surface area contributed by atoms with Gasteiger partial charge in [-0.1, -0.05) is 6.07 Å². The summed E-state index contributed by atoms with van der Waals surface area (Å²) in [4.78, 5) is 39.2. The molecule has 1 aromatic heterocycles. The molecule has 0 saturated carbocycles. The third kappa shape index (κ3) is 8.02. The summed E-state index contributed by atoms with van der Waals surface area (Å²) < 4.78 is 10.6. The smallest absolute Gasteiger partial charge is 0.269 e. The van der Waals surface area contributed by atoms with Crippen molar-refractivity contribution in [3.8, 4) is 0 Å². The second kappa shape index (κ2) is 13.1. The van der Waals surface area contributed by atoms with Gasteiger partial charge in [-0.2, -0.15) is 0 Å². The Kier molecular flexibility index (Phi) is 10.2. The van der Waals surface area contributed by atoms with Crippen LogP contribution in [0.1, 0.15) is 29.3 Å². The summed E-state index contributed by atoms with van der Waals surface area (Å²) in [5.74, 6) is -1.76. The van der Waals surface area contributed by atoms with E-state index < -0.39 is 28.7 Å². The number of pyridine rings is 1. The largest absolute Gasteiger partial charge is 0.356 e. The molecule has 0 fully saturated rings. The highest BCUT2D eigenvalue weighted by molar-refractivity contribution is 5.94. The van der Waals surface area contributed by atoms with Crippen LogP contribution in [0.25, 0.3) is 0 Å². The number of benzene rings is 1. The maximum atomic E-state index is 12.7. The van der Waals surface area contributed by atoms with Crippen molar-refractivity contribution >= 4 is 17.5 Å². The van der Waals surface area contributed by atoms with Gasteiger partial charge in [0, 0.05) is 42.6 Å². The summed E-state index contributed by atoms with van der Waals surface area (Å²) in [6.07, 6.45) is 3.68.